The molecule has 0 bridgehead atoms. The van der Waals surface area contributed by atoms with Gasteiger partial charge in [0.15, 0.2) is 0 Å². The van der Waals surface area contributed by atoms with E-state index in [1.807, 2.05) is 27.7 Å². The van der Waals surface area contributed by atoms with Crippen molar-refractivity contribution >= 4 is 23.9 Å². The highest BCUT2D eigenvalue weighted by atomic mass is 16.4. The average molecular weight is 392 g/mol. The molecule has 8 nitrogen and oxygen atoms in total. The Hall–Kier alpha value is -3.68. The van der Waals surface area contributed by atoms with Gasteiger partial charge in [0.25, 0.3) is 0 Å². The maximum atomic E-state index is 10.4. The van der Waals surface area contributed by atoms with Gasteiger partial charge >= 0.3 is 23.9 Å². The zero-order valence-corrected chi connectivity index (χ0v) is 16.0. The Morgan fingerprint density at radius 1 is 0.500 bits per heavy atom. The molecule has 0 amide bonds. The highest BCUT2D eigenvalue weighted by Crippen LogP contribution is 2.05. The summed E-state index contributed by atoms with van der Waals surface area (Å²) in [7, 11) is 0. The van der Waals surface area contributed by atoms with E-state index in [0.717, 1.165) is 6.07 Å². The molecule has 0 unspecified atom stereocenters. The van der Waals surface area contributed by atoms with Crippen molar-refractivity contribution in [2.45, 2.75) is 27.7 Å². The third-order valence-corrected chi connectivity index (χ3v) is 2.74. The molecule has 28 heavy (non-hydrogen) atoms. The van der Waals surface area contributed by atoms with Crippen LogP contribution in [0.1, 0.15) is 69.1 Å². The van der Waals surface area contributed by atoms with E-state index in [4.69, 9.17) is 20.4 Å². The van der Waals surface area contributed by atoms with Crippen LogP contribution in [0.5, 0.6) is 0 Å². The number of benzene rings is 2. The average Bonchev–Trinajstić information content (AvgIpc) is 2.71. The van der Waals surface area contributed by atoms with Gasteiger partial charge in [-0.1, -0.05) is 33.8 Å². The Labute approximate surface area is 162 Å². The maximum Gasteiger partial charge on any atom is 0.335 e. The standard InChI is InChI=1S/2C8H6O4.2C2H6/c9-7(10)5-1-2-6(4-3-5)8(11)12;9-7(10)5-2-1-3-6(4-5)8(11)12;2*1-2/h2*1-4H,(H,9,10)(H,11,12);2*1-2H3. The summed E-state index contributed by atoms with van der Waals surface area (Å²) in [4.78, 5) is 41.4. The van der Waals surface area contributed by atoms with E-state index in [1.165, 1.54) is 42.5 Å². The first-order valence-corrected chi connectivity index (χ1v) is 8.35. The molecule has 2 rings (SSSR count). The molecule has 0 spiro atoms. The summed E-state index contributed by atoms with van der Waals surface area (Å²) in [6.45, 7) is 8.00. The van der Waals surface area contributed by atoms with Gasteiger partial charge in [-0.3, -0.25) is 0 Å². The Balaban J connectivity index is 0. The number of carboxylic acids is 4. The van der Waals surface area contributed by atoms with Gasteiger partial charge in [0.05, 0.1) is 22.3 Å². The smallest absolute Gasteiger partial charge is 0.335 e. The van der Waals surface area contributed by atoms with E-state index in [0.29, 0.717) is 0 Å². The van der Waals surface area contributed by atoms with Gasteiger partial charge in [0.1, 0.15) is 0 Å². The van der Waals surface area contributed by atoms with Gasteiger partial charge in [-0.2, -0.15) is 0 Å². The Morgan fingerprint density at radius 3 is 0.964 bits per heavy atom. The molecule has 0 aliphatic carbocycles. The zero-order valence-electron chi connectivity index (χ0n) is 16.0. The van der Waals surface area contributed by atoms with Crippen LogP contribution in [-0.4, -0.2) is 44.3 Å². The summed E-state index contributed by atoms with van der Waals surface area (Å²) in [5.74, 6) is -4.38. The van der Waals surface area contributed by atoms with E-state index in [1.54, 1.807) is 0 Å². The highest BCUT2D eigenvalue weighted by Gasteiger charge is 2.07. The van der Waals surface area contributed by atoms with Crippen molar-refractivity contribution in [1.82, 2.24) is 0 Å². The predicted molar refractivity (Wildman–Crippen MR) is 103 cm³/mol. The minimum Gasteiger partial charge on any atom is -0.478 e. The molecule has 8 heteroatoms. The van der Waals surface area contributed by atoms with Crippen LogP contribution >= 0.6 is 0 Å². The summed E-state index contributed by atoms with van der Waals surface area (Å²) in [5, 5.41) is 33.9. The lowest BCUT2D eigenvalue weighted by Gasteiger charge is -1.95. The van der Waals surface area contributed by atoms with Crippen LogP contribution in [0.25, 0.3) is 0 Å². The monoisotopic (exact) mass is 392 g/mol. The second-order valence-electron chi connectivity index (χ2n) is 4.38. The fourth-order valence-electron chi connectivity index (χ4n) is 1.54. The van der Waals surface area contributed by atoms with Crippen molar-refractivity contribution < 1.29 is 39.6 Å². The number of hydrogen-bond donors (Lipinski definition) is 4. The quantitative estimate of drug-likeness (QED) is 0.604. The number of aromatic carboxylic acids is 4. The lowest BCUT2D eigenvalue weighted by atomic mass is 10.1. The Kier molecular flexibility index (Phi) is 13.7. The van der Waals surface area contributed by atoms with E-state index in [2.05, 4.69) is 0 Å². The largest absolute Gasteiger partial charge is 0.478 e. The van der Waals surface area contributed by atoms with Crippen LogP contribution < -0.4 is 0 Å². The van der Waals surface area contributed by atoms with Crippen molar-refractivity contribution in [2.75, 3.05) is 0 Å². The van der Waals surface area contributed by atoms with E-state index >= 15 is 0 Å². The maximum absolute atomic E-state index is 10.4. The molecule has 0 radical (unpaired) electrons. The third-order valence-electron chi connectivity index (χ3n) is 2.74. The fraction of sp³-hybridized carbons (Fsp3) is 0.200. The highest BCUT2D eigenvalue weighted by molar-refractivity contribution is 5.93. The lowest BCUT2D eigenvalue weighted by Crippen LogP contribution is -2.01. The van der Waals surface area contributed by atoms with E-state index in [9.17, 15) is 19.2 Å². The van der Waals surface area contributed by atoms with Gasteiger partial charge in [-0.05, 0) is 42.5 Å². The van der Waals surface area contributed by atoms with Crippen molar-refractivity contribution in [3.63, 3.8) is 0 Å². The minimum absolute atomic E-state index is 0.0186. The number of hydrogen-bond acceptors (Lipinski definition) is 4. The first-order valence-electron chi connectivity index (χ1n) is 8.35. The van der Waals surface area contributed by atoms with Gasteiger partial charge in [-0.15, -0.1) is 0 Å². The molecule has 2 aromatic carbocycles. The molecule has 0 aliphatic heterocycles. The molecule has 0 atom stereocenters. The molecular weight excluding hydrogens is 368 g/mol. The Morgan fingerprint density at radius 2 is 0.750 bits per heavy atom. The Bertz CT molecular complexity index is 717. The van der Waals surface area contributed by atoms with Gasteiger partial charge in [0.2, 0.25) is 0 Å². The lowest BCUT2D eigenvalue weighted by molar-refractivity contribution is 0.0681. The summed E-state index contributed by atoms with van der Waals surface area (Å²) in [6.07, 6.45) is 0. The summed E-state index contributed by atoms with van der Waals surface area (Å²) >= 11 is 0. The number of carbonyl (C=O) groups is 4. The minimum atomic E-state index is -1.13. The van der Waals surface area contributed by atoms with Crippen LogP contribution in [0.2, 0.25) is 0 Å². The molecule has 0 heterocycles. The van der Waals surface area contributed by atoms with Crippen molar-refractivity contribution in [3.8, 4) is 0 Å². The van der Waals surface area contributed by atoms with Crippen molar-refractivity contribution in [3.05, 3.63) is 70.8 Å². The van der Waals surface area contributed by atoms with Gasteiger partial charge in [0, 0.05) is 0 Å². The molecule has 0 aromatic heterocycles. The number of carboxylic acid groups (broad SMARTS) is 4. The summed E-state index contributed by atoms with van der Waals surface area (Å²) in [6, 6.07) is 10.2. The predicted octanol–water partition coefficient (Wildman–Crippen LogP) is 4.22. The van der Waals surface area contributed by atoms with E-state index in [-0.39, 0.29) is 22.3 Å². The molecule has 2 aromatic rings. The van der Waals surface area contributed by atoms with E-state index < -0.39 is 23.9 Å². The molecule has 0 saturated carbocycles. The first kappa shape index (κ1) is 26.5. The molecular formula is C20H24O8. The first-order chi connectivity index (χ1) is 13.2. The number of rotatable bonds is 4. The van der Waals surface area contributed by atoms with Crippen molar-refractivity contribution in [2.24, 2.45) is 0 Å². The summed E-state index contributed by atoms with van der Waals surface area (Å²) < 4.78 is 0. The second kappa shape index (κ2) is 14.5. The molecule has 4 N–H and O–H groups in total. The SMILES string of the molecule is CC.CC.O=C(O)c1ccc(C(=O)O)cc1.O=C(O)c1cccc(C(=O)O)c1. The van der Waals surface area contributed by atoms with Crippen LogP contribution in [0.3, 0.4) is 0 Å². The molecule has 0 saturated heterocycles. The van der Waals surface area contributed by atoms with Crippen molar-refractivity contribution in [1.29, 1.82) is 0 Å². The molecule has 0 fully saturated rings. The normalized spacial score (nSPS) is 8.43. The third kappa shape index (κ3) is 9.71. The fourth-order valence-corrected chi connectivity index (χ4v) is 1.54. The molecule has 0 aliphatic rings. The van der Waals surface area contributed by atoms with Crippen LogP contribution in [0.15, 0.2) is 48.5 Å². The second-order valence-corrected chi connectivity index (χ2v) is 4.38. The topological polar surface area (TPSA) is 149 Å². The van der Waals surface area contributed by atoms with Crippen LogP contribution in [0, 0.1) is 0 Å². The summed E-state index contributed by atoms with van der Waals surface area (Å²) in [5.41, 5.74) is 0.129. The van der Waals surface area contributed by atoms with Crippen LogP contribution in [-0.2, 0) is 0 Å². The van der Waals surface area contributed by atoms with Gasteiger partial charge < -0.3 is 20.4 Å². The van der Waals surface area contributed by atoms with Gasteiger partial charge in [-0.25, -0.2) is 19.2 Å². The van der Waals surface area contributed by atoms with Crippen LogP contribution in [0.4, 0.5) is 0 Å². The molecule has 152 valence electrons. The zero-order chi connectivity index (χ0) is 22.3.